The van der Waals surface area contributed by atoms with E-state index in [2.05, 4.69) is 42.6 Å². The maximum Gasteiger partial charge on any atom is 0.0664 e. The highest BCUT2D eigenvalue weighted by Crippen LogP contribution is 2.34. The molecule has 1 saturated carbocycles. The lowest BCUT2D eigenvalue weighted by molar-refractivity contribution is 0.154. The van der Waals surface area contributed by atoms with Gasteiger partial charge in [-0.15, -0.1) is 0 Å². The molecule has 0 radical (unpaired) electrons. The largest absolute Gasteiger partial charge is 0.392 e. The number of benzene rings is 1. The monoisotopic (exact) mass is 247 g/mol. The first-order valence-corrected chi connectivity index (χ1v) is 7.25. The fraction of sp³-hybridized carbons (Fsp3) is 0.625. The van der Waals surface area contributed by atoms with Gasteiger partial charge < -0.3 is 10.4 Å². The Kier molecular flexibility index (Phi) is 5.21. The van der Waals surface area contributed by atoms with Crippen LogP contribution in [-0.2, 0) is 6.42 Å². The molecule has 2 unspecified atom stereocenters. The lowest BCUT2D eigenvalue weighted by Crippen LogP contribution is -2.38. The predicted octanol–water partition coefficient (Wildman–Crippen LogP) is 2.76. The number of rotatable bonds is 8. The lowest BCUT2D eigenvalue weighted by Gasteiger charge is -2.20. The van der Waals surface area contributed by atoms with Gasteiger partial charge in [-0.05, 0) is 37.2 Å². The third kappa shape index (κ3) is 4.43. The predicted molar refractivity (Wildman–Crippen MR) is 75.6 cm³/mol. The topological polar surface area (TPSA) is 32.3 Å². The standard InChI is InChI=1S/C16H25NO/c1-2-6-15(18)12-17-16(14-9-10-14)11-13-7-4-3-5-8-13/h3-5,7-8,14-18H,2,6,9-12H2,1H3. The second-order valence-electron chi connectivity index (χ2n) is 5.48. The highest BCUT2D eigenvalue weighted by Gasteiger charge is 2.31. The molecule has 18 heavy (non-hydrogen) atoms. The molecule has 2 atom stereocenters. The van der Waals surface area contributed by atoms with Crippen LogP contribution in [0.4, 0.5) is 0 Å². The molecule has 0 bridgehead atoms. The summed E-state index contributed by atoms with van der Waals surface area (Å²) in [6, 6.07) is 11.2. The Bertz CT molecular complexity index is 334. The van der Waals surface area contributed by atoms with Gasteiger partial charge in [0, 0.05) is 12.6 Å². The molecule has 2 heteroatoms. The first kappa shape index (κ1) is 13.6. The summed E-state index contributed by atoms with van der Waals surface area (Å²) >= 11 is 0. The molecule has 0 saturated heterocycles. The Morgan fingerprint density at radius 2 is 2.00 bits per heavy atom. The second-order valence-corrected chi connectivity index (χ2v) is 5.48. The van der Waals surface area contributed by atoms with Crippen LogP contribution in [0.15, 0.2) is 30.3 Å². The molecule has 2 nitrogen and oxygen atoms in total. The van der Waals surface area contributed by atoms with Crippen molar-refractivity contribution >= 4 is 0 Å². The van der Waals surface area contributed by atoms with Crippen molar-refractivity contribution in [1.29, 1.82) is 0 Å². The van der Waals surface area contributed by atoms with Gasteiger partial charge in [0.15, 0.2) is 0 Å². The van der Waals surface area contributed by atoms with E-state index >= 15 is 0 Å². The summed E-state index contributed by atoms with van der Waals surface area (Å²) in [5, 5.41) is 13.4. The Morgan fingerprint density at radius 1 is 1.28 bits per heavy atom. The number of aliphatic hydroxyl groups is 1. The van der Waals surface area contributed by atoms with E-state index in [0.717, 1.165) is 31.7 Å². The number of hydrogen-bond acceptors (Lipinski definition) is 2. The summed E-state index contributed by atoms with van der Waals surface area (Å²) in [4.78, 5) is 0. The summed E-state index contributed by atoms with van der Waals surface area (Å²) in [5.41, 5.74) is 1.40. The van der Waals surface area contributed by atoms with Crippen molar-refractivity contribution in [3.05, 3.63) is 35.9 Å². The SMILES string of the molecule is CCCC(O)CNC(Cc1ccccc1)C1CC1. The van der Waals surface area contributed by atoms with E-state index in [9.17, 15) is 5.11 Å². The molecule has 0 aliphatic heterocycles. The van der Waals surface area contributed by atoms with Crippen molar-refractivity contribution in [2.45, 2.75) is 51.2 Å². The maximum absolute atomic E-state index is 9.80. The van der Waals surface area contributed by atoms with E-state index < -0.39 is 0 Å². The summed E-state index contributed by atoms with van der Waals surface area (Å²) < 4.78 is 0. The van der Waals surface area contributed by atoms with Crippen molar-refractivity contribution in [2.24, 2.45) is 5.92 Å². The lowest BCUT2D eigenvalue weighted by atomic mass is 10.0. The van der Waals surface area contributed by atoms with Crippen molar-refractivity contribution in [1.82, 2.24) is 5.32 Å². The van der Waals surface area contributed by atoms with E-state index in [-0.39, 0.29) is 6.10 Å². The molecule has 0 spiro atoms. The van der Waals surface area contributed by atoms with E-state index in [1.807, 2.05) is 0 Å². The first-order chi connectivity index (χ1) is 8.79. The highest BCUT2D eigenvalue weighted by atomic mass is 16.3. The van der Waals surface area contributed by atoms with Gasteiger partial charge in [-0.25, -0.2) is 0 Å². The third-order valence-electron chi connectivity index (χ3n) is 3.73. The quantitative estimate of drug-likeness (QED) is 0.740. The molecule has 0 amide bonds. The zero-order chi connectivity index (χ0) is 12.8. The first-order valence-electron chi connectivity index (χ1n) is 7.25. The Hall–Kier alpha value is -0.860. The Balaban J connectivity index is 1.81. The molecule has 2 N–H and O–H groups in total. The number of hydrogen-bond donors (Lipinski definition) is 2. The minimum absolute atomic E-state index is 0.188. The minimum Gasteiger partial charge on any atom is -0.392 e. The van der Waals surface area contributed by atoms with Crippen molar-refractivity contribution < 1.29 is 5.11 Å². The minimum atomic E-state index is -0.188. The van der Waals surface area contributed by atoms with Crippen molar-refractivity contribution in [3.63, 3.8) is 0 Å². The molecule has 1 aliphatic carbocycles. The third-order valence-corrected chi connectivity index (χ3v) is 3.73. The van der Waals surface area contributed by atoms with Gasteiger partial charge in [-0.3, -0.25) is 0 Å². The summed E-state index contributed by atoms with van der Waals surface area (Å²) in [5.74, 6) is 0.819. The zero-order valence-corrected chi connectivity index (χ0v) is 11.3. The summed E-state index contributed by atoms with van der Waals surface area (Å²) in [6.45, 7) is 2.85. The molecular formula is C16H25NO. The van der Waals surface area contributed by atoms with E-state index in [0.29, 0.717) is 6.04 Å². The molecule has 1 fully saturated rings. The van der Waals surface area contributed by atoms with E-state index in [1.165, 1.54) is 18.4 Å². The normalized spacial score (nSPS) is 18.6. The van der Waals surface area contributed by atoms with Crippen LogP contribution in [0, 0.1) is 5.92 Å². The van der Waals surface area contributed by atoms with Gasteiger partial charge in [-0.2, -0.15) is 0 Å². The maximum atomic E-state index is 9.80. The van der Waals surface area contributed by atoms with Gasteiger partial charge >= 0.3 is 0 Å². The van der Waals surface area contributed by atoms with E-state index in [4.69, 9.17) is 0 Å². The van der Waals surface area contributed by atoms with Crippen LogP contribution in [0.2, 0.25) is 0 Å². The van der Waals surface area contributed by atoms with Crippen molar-refractivity contribution in [2.75, 3.05) is 6.54 Å². The molecule has 0 heterocycles. The van der Waals surface area contributed by atoms with Gasteiger partial charge in [-0.1, -0.05) is 43.7 Å². The molecule has 1 aliphatic rings. The van der Waals surface area contributed by atoms with Gasteiger partial charge in [0.1, 0.15) is 0 Å². The fourth-order valence-corrected chi connectivity index (χ4v) is 2.49. The molecule has 1 aromatic rings. The number of aliphatic hydroxyl groups excluding tert-OH is 1. The van der Waals surface area contributed by atoms with Gasteiger partial charge in [0.2, 0.25) is 0 Å². The smallest absolute Gasteiger partial charge is 0.0664 e. The van der Waals surface area contributed by atoms with Crippen LogP contribution >= 0.6 is 0 Å². The van der Waals surface area contributed by atoms with Crippen LogP contribution in [-0.4, -0.2) is 23.8 Å². The Labute approximate surface area is 110 Å². The highest BCUT2D eigenvalue weighted by molar-refractivity contribution is 5.16. The second kappa shape index (κ2) is 6.91. The van der Waals surface area contributed by atoms with Crippen LogP contribution in [0.5, 0.6) is 0 Å². The average Bonchev–Trinajstić information content (AvgIpc) is 3.20. The average molecular weight is 247 g/mol. The van der Waals surface area contributed by atoms with Crippen LogP contribution in [0.1, 0.15) is 38.2 Å². The Morgan fingerprint density at radius 3 is 2.61 bits per heavy atom. The molecule has 0 aromatic heterocycles. The summed E-state index contributed by atoms with van der Waals surface area (Å²) in [6.07, 6.45) is 5.53. The number of nitrogens with one attached hydrogen (secondary N) is 1. The molecular weight excluding hydrogens is 222 g/mol. The van der Waals surface area contributed by atoms with Gasteiger partial charge in [0.25, 0.3) is 0 Å². The van der Waals surface area contributed by atoms with Crippen molar-refractivity contribution in [3.8, 4) is 0 Å². The summed E-state index contributed by atoms with van der Waals surface area (Å²) in [7, 11) is 0. The molecule has 2 rings (SSSR count). The van der Waals surface area contributed by atoms with Gasteiger partial charge in [0.05, 0.1) is 6.10 Å². The molecule has 100 valence electrons. The van der Waals surface area contributed by atoms with E-state index in [1.54, 1.807) is 0 Å². The fourth-order valence-electron chi connectivity index (χ4n) is 2.49. The zero-order valence-electron chi connectivity index (χ0n) is 11.3. The van der Waals surface area contributed by atoms with Crippen LogP contribution in [0.3, 0.4) is 0 Å². The van der Waals surface area contributed by atoms with Crippen LogP contribution in [0.25, 0.3) is 0 Å². The molecule has 1 aromatic carbocycles. The van der Waals surface area contributed by atoms with Crippen LogP contribution < -0.4 is 5.32 Å².